The van der Waals surface area contributed by atoms with Gasteiger partial charge in [-0.15, -0.1) is 0 Å². The van der Waals surface area contributed by atoms with Crippen LogP contribution in [0.15, 0.2) is 46.5 Å². The Morgan fingerprint density at radius 1 is 1.39 bits per heavy atom. The van der Waals surface area contributed by atoms with Crippen LogP contribution in [-0.4, -0.2) is 34.2 Å². The molecule has 1 aliphatic rings. The van der Waals surface area contributed by atoms with E-state index in [1.807, 2.05) is 0 Å². The number of rotatable bonds is 5. The van der Waals surface area contributed by atoms with Crippen molar-refractivity contribution in [1.29, 1.82) is 0 Å². The number of nitrogens with zero attached hydrogens (tertiary/aromatic N) is 3. The molecule has 11 heteroatoms. The topological polar surface area (TPSA) is 115 Å². The van der Waals surface area contributed by atoms with Crippen molar-refractivity contribution in [3.8, 4) is 0 Å². The lowest BCUT2D eigenvalue weighted by atomic mass is 10.2. The molecule has 1 saturated heterocycles. The summed E-state index contributed by atoms with van der Waals surface area (Å²) in [5, 5.41) is 13.6. The van der Waals surface area contributed by atoms with Crippen LogP contribution in [0.1, 0.15) is 13.8 Å². The molecule has 1 aliphatic heterocycles. The van der Waals surface area contributed by atoms with Crippen LogP contribution in [0.4, 0.5) is 20.6 Å². The molecule has 0 spiro atoms. The van der Waals surface area contributed by atoms with Crippen molar-refractivity contribution in [1.82, 2.24) is 10.3 Å². The normalized spacial score (nSPS) is 18.7. The highest BCUT2D eigenvalue weighted by atomic mass is 32.2. The van der Waals surface area contributed by atoms with Gasteiger partial charge in [-0.3, -0.25) is 19.8 Å². The second-order valence-electron chi connectivity index (χ2n) is 5.94. The van der Waals surface area contributed by atoms with Gasteiger partial charge >= 0.3 is 6.09 Å². The van der Waals surface area contributed by atoms with Crippen molar-refractivity contribution in [2.45, 2.75) is 36.0 Å². The number of pyridine rings is 1. The van der Waals surface area contributed by atoms with E-state index < -0.39 is 29.1 Å². The highest BCUT2D eigenvalue weighted by Crippen LogP contribution is 2.33. The Labute approximate surface area is 163 Å². The van der Waals surface area contributed by atoms with Gasteiger partial charge in [0.05, 0.1) is 16.7 Å². The maximum absolute atomic E-state index is 14.6. The fourth-order valence-corrected chi connectivity index (χ4v) is 3.39. The van der Waals surface area contributed by atoms with E-state index in [1.54, 1.807) is 13.0 Å². The van der Waals surface area contributed by atoms with Crippen LogP contribution < -0.4 is 10.2 Å². The molecule has 2 amide bonds. The van der Waals surface area contributed by atoms with Crippen LogP contribution in [0.3, 0.4) is 0 Å². The molecular weight excluding hydrogens is 391 g/mol. The number of anilines is 1. The van der Waals surface area contributed by atoms with Gasteiger partial charge in [-0.05, 0) is 31.2 Å². The van der Waals surface area contributed by atoms with E-state index in [2.05, 4.69) is 10.3 Å². The van der Waals surface area contributed by atoms with Gasteiger partial charge in [-0.1, -0.05) is 11.8 Å². The van der Waals surface area contributed by atoms with Crippen LogP contribution in [0, 0.1) is 15.9 Å². The van der Waals surface area contributed by atoms with Crippen molar-refractivity contribution in [3.63, 3.8) is 0 Å². The maximum Gasteiger partial charge on any atom is 0.416 e. The molecule has 1 unspecified atom stereocenters. The average Bonchev–Trinajstić information content (AvgIpc) is 2.90. The summed E-state index contributed by atoms with van der Waals surface area (Å²) in [5.74, 6) is -0.939. The first-order valence-corrected chi connectivity index (χ1v) is 8.92. The highest BCUT2D eigenvalue weighted by Gasteiger charge is 2.40. The number of halogens is 1. The monoisotopic (exact) mass is 406 g/mol. The minimum atomic E-state index is -0.827. The smallest absolute Gasteiger partial charge is 0.416 e. The number of carbonyl (C=O) groups is 2. The third kappa shape index (κ3) is 4.03. The summed E-state index contributed by atoms with van der Waals surface area (Å²) in [6, 6.07) is 6.39. The predicted octanol–water partition coefficient (Wildman–Crippen LogP) is 3.09. The maximum atomic E-state index is 14.6. The molecule has 1 fully saturated rings. The number of carbonyl (C=O) groups excluding carboxylic acids is 2. The Bertz CT molecular complexity index is 940. The molecule has 0 radical (unpaired) electrons. The van der Waals surface area contributed by atoms with Gasteiger partial charge in [-0.25, -0.2) is 14.2 Å². The summed E-state index contributed by atoms with van der Waals surface area (Å²) < 4.78 is 19.7. The summed E-state index contributed by atoms with van der Waals surface area (Å²) in [6.07, 6.45) is -0.423. The minimum Gasteiger partial charge on any atom is -0.423 e. The van der Waals surface area contributed by atoms with Gasteiger partial charge in [0.15, 0.2) is 6.23 Å². The second kappa shape index (κ2) is 7.80. The molecule has 2 aromatic rings. The zero-order chi connectivity index (χ0) is 20.4. The number of cyclic esters (lactones) is 1. The number of amides is 2. The number of nitro groups is 1. The minimum absolute atomic E-state index is 0.157. The Balaban J connectivity index is 1.77. The van der Waals surface area contributed by atoms with Crippen molar-refractivity contribution >= 4 is 35.1 Å². The molecule has 9 nitrogen and oxygen atoms in total. The Morgan fingerprint density at radius 3 is 2.71 bits per heavy atom. The van der Waals surface area contributed by atoms with E-state index in [4.69, 9.17) is 4.74 Å². The molecule has 0 bridgehead atoms. The lowest BCUT2D eigenvalue weighted by Crippen LogP contribution is -2.43. The Morgan fingerprint density at radius 2 is 2.14 bits per heavy atom. The van der Waals surface area contributed by atoms with Crippen LogP contribution in [-0.2, 0) is 9.53 Å². The number of aromatic nitrogens is 1. The average molecular weight is 406 g/mol. The summed E-state index contributed by atoms with van der Waals surface area (Å²) in [4.78, 5) is 38.8. The van der Waals surface area contributed by atoms with Crippen LogP contribution in [0.5, 0.6) is 0 Å². The lowest BCUT2D eigenvalue weighted by molar-refractivity contribution is -0.385. The zero-order valence-electron chi connectivity index (χ0n) is 14.8. The lowest BCUT2D eigenvalue weighted by Gasteiger charge is -2.21. The SMILES string of the molecule is CC(=O)N[C@H]1OC(=O)N(c2ccc(Sc3ccc([N+](=O)[O-])cn3)c(F)c2)C1C. The molecule has 1 aromatic heterocycles. The first kappa shape index (κ1) is 19.5. The van der Waals surface area contributed by atoms with E-state index in [-0.39, 0.29) is 22.2 Å². The summed E-state index contributed by atoms with van der Waals surface area (Å²) >= 11 is 0.996. The summed E-state index contributed by atoms with van der Waals surface area (Å²) in [7, 11) is 0. The molecule has 1 aromatic carbocycles. The molecular formula is C17H15FN4O5S. The predicted molar refractivity (Wildman–Crippen MR) is 97.4 cm³/mol. The molecule has 1 N–H and O–H groups in total. The van der Waals surface area contributed by atoms with Crippen LogP contribution in [0.2, 0.25) is 0 Å². The van der Waals surface area contributed by atoms with E-state index in [0.29, 0.717) is 5.03 Å². The largest absolute Gasteiger partial charge is 0.423 e. The first-order valence-electron chi connectivity index (χ1n) is 8.11. The molecule has 2 heterocycles. The van der Waals surface area contributed by atoms with Gasteiger partial charge in [0.1, 0.15) is 17.0 Å². The number of nitrogens with one attached hydrogen (secondary N) is 1. The molecule has 3 rings (SSSR count). The van der Waals surface area contributed by atoms with Crippen molar-refractivity contribution in [2.24, 2.45) is 0 Å². The molecule has 0 aliphatic carbocycles. The quantitative estimate of drug-likeness (QED) is 0.599. The van der Waals surface area contributed by atoms with Gasteiger partial charge in [0, 0.05) is 17.9 Å². The molecule has 2 atom stereocenters. The number of hydrogen-bond acceptors (Lipinski definition) is 7. The first-order chi connectivity index (χ1) is 13.3. The number of hydrogen-bond donors (Lipinski definition) is 1. The fourth-order valence-electron chi connectivity index (χ4n) is 2.63. The fraction of sp³-hybridized carbons (Fsp3) is 0.235. The van der Waals surface area contributed by atoms with Gasteiger partial charge in [0.2, 0.25) is 5.91 Å². The standard InChI is InChI=1S/C17H15FN4O5S/c1-9-16(20-10(2)23)27-17(24)21(9)11-3-5-14(13(18)7-11)28-15-6-4-12(8-19-15)22(25)26/h3-9,16H,1-2H3,(H,20,23)/t9?,16-/m0/s1. The molecule has 0 saturated carbocycles. The summed E-state index contributed by atoms with van der Waals surface area (Å²) in [6.45, 7) is 2.98. The Kier molecular flexibility index (Phi) is 5.45. The van der Waals surface area contributed by atoms with Crippen molar-refractivity contribution in [3.05, 3.63) is 52.5 Å². The number of ether oxygens (including phenoxy) is 1. The van der Waals surface area contributed by atoms with Gasteiger partial charge in [-0.2, -0.15) is 0 Å². The highest BCUT2D eigenvalue weighted by molar-refractivity contribution is 7.99. The number of benzene rings is 1. The second-order valence-corrected chi connectivity index (χ2v) is 7.01. The van der Waals surface area contributed by atoms with Crippen LogP contribution in [0.25, 0.3) is 0 Å². The van der Waals surface area contributed by atoms with Gasteiger partial charge < -0.3 is 10.1 Å². The van der Waals surface area contributed by atoms with Crippen molar-refractivity contribution < 1.29 is 23.6 Å². The zero-order valence-corrected chi connectivity index (χ0v) is 15.6. The molecule has 146 valence electrons. The van der Waals surface area contributed by atoms with E-state index in [9.17, 15) is 24.1 Å². The van der Waals surface area contributed by atoms with E-state index in [0.717, 1.165) is 18.0 Å². The van der Waals surface area contributed by atoms with E-state index >= 15 is 0 Å². The van der Waals surface area contributed by atoms with Crippen molar-refractivity contribution in [2.75, 3.05) is 4.90 Å². The third-order valence-corrected chi connectivity index (χ3v) is 4.96. The Hall–Kier alpha value is -3.21. The molecule has 28 heavy (non-hydrogen) atoms. The third-order valence-electron chi connectivity index (χ3n) is 3.96. The van der Waals surface area contributed by atoms with Crippen LogP contribution >= 0.6 is 11.8 Å². The van der Waals surface area contributed by atoms with Gasteiger partial charge in [0.25, 0.3) is 5.69 Å². The summed E-state index contributed by atoms with van der Waals surface area (Å²) in [5.41, 5.74) is 0.124. The van der Waals surface area contributed by atoms with E-state index in [1.165, 1.54) is 36.1 Å².